The van der Waals surface area contributed by atoms with E-state index in [4.69, 9.17) is 4.74 Å². The summed E-state index contributed by atoms with van der Waals surface area (Å²) in [6, 6.07) is 0.518. The van der Waals surface area contributed by atoms with Crippen LogP contribution in [0.25, 0.3) is 0 Å². The molecule has 2 rings (SSSR count). The number of hydrogen-bond donors (Lipinski definition) is 1. The molecule has 102 valence electrons. The zero-order chi connectivity index (χ0) is 12.6. The monoisotopic (exact) mass is 271 g/mol. The van der Waals surface area contributed by atoms with Crippen molar-refractivity contribution in [2.45, 2.75) is 36.9 Å². The Bertz CT molecular complexity index is 340. The molecule has 6 nitrogen and oxygen atoms in total. The molecule has 0 atom stereocenters. The SMILES string of the molecule is COCCNCCSc1nnnn1C1CCCC1. The van der Waals surface area contributed by atoms with Crippen molar-refractivity contribution in [2.24, 2.45) is 0 Å². The minimum Gasteiger partial charge on any atom is -0.383 e. The summed E-state index contributed by atoms with van der Waals surface area (Å²) in [5, 5.41) is 16.3. The Hall–Kier alpha value is -0.660. The van der Waals surface area contributed by atoms with E-state index in [1.54, 1.807) is 18.9 Å². The van der Waals surface area contributed by atoms with Gasteiger partial charge in [0, 0.05) is 26.0 Å². The number of rotatable bonds is 8. The first-order valence-electron chi connectivity index (χ1n) is 6.52. The normalized spacial score (nSPS) is 16.5. The fourth-order valence-corrected chi connectivity index (χ4v) is 3.01. The van der Waals surface area contributed by atoms with Crippen LogP contribution in [-0.2, 0) is 4.74 Å². The van der Waals surface area contributed by atoms with E-state index >= 15 is 0 Å². The highest BCUT2D eigenvalue weighted by Gasteiger charge is 2.21. The summed E-state index contributed by atoms with van der Waals surface area (Å²) in [4.78, 5) is 0. The van der Waals surface area contributed by atoms with Crippen LogP contribution in [0.3, 0.4) is 0 Å². The quantitative estimate of drug-likeness (QED) is 0.564. The molecule has 0 unspecified atom stereocenters. The highest BCUT2D eigenvalue weighted by molar-refractivity contribution is 7.99. The summed E-state index contributed by atoms with van der Waals surface area (Å²) >= 11 is 1.72. The maximum Gasteiger partial charge on any atom is 0.209 e. The molecule has 0 bridgehead atoms. The van der Waals surface area contributed by atoms with Crippen molar-refractivity contribution < 1.29 is 4.74 Å². The maximum atomic E-state index is 4.98. The fourth-order valence-electron chi connectivity index (χ4n) is 2.17. The smallest absolute Gasteiger partial charge is 0.209 e. The number of nitrogens with zero attached hydrogens (tertiary/aromatic N) is 4. The number of aromatic nitrogens is 4. The topological polar surface area (TPSA) is 64.9 Å². The molecule has 0 aliphatic heterocycles. The molecule has 1 aliphatic rings. The van der Waals surface area contributed by atoms with Crippen molar-refractivity contribution in [1.82, 2.24) is 25.5 Å². The largest absolute Gasteiger partial charge is 0.383 e. The Balaban J connectivity index is 1.70. The van der Waals surface area contributed by atoms with E-state index in [-0.39, 0.29) is 0 Å². The molecule has 0 amide bonds. The zero-order valence-electron chi connectivity index (χ0n) is 10.8. The van der Waals surface area contributed by atoms with E-state index in [1.807, 2.05) is 4.68 Å². The summed E-state index contributed by atoms with van der Waals surface area (Å²) in [5.74, 6) is 0.983. The van der Waals surface area contributed by atoms with Crippen molar-refractivity contribution in [3.8, 4) is 0 Å². The lowest BCUT2D eigenvalue weighted by Crippen LogP contribution is -2.21. The van der Waals surface area contributed by atoms with Crippen LogP contribution in [0.1, 0.15) is 31.7 Å². The third kappa shape index (κ3) is 3.93. The molecular formula is C11H21N5OS. The van der Waals surface area contributed by atoms with Gasteiger partial charge in [-0.2, -0.15) is 0 Å². The van der Waals surface area contributed by atoms with Crippen LogP contribution in [0.5, 0.6) is 0 Å². The average Bonchev–Trinajstić information content (AvgIpc) is 3.03. The van der Waals surface area contributed by atoms with Crippen LogP contribution in [0, 0.1) is 0 Å². The Labute approximate surface area is 112 Å². The first-order valence-corrected chi connectivity index (χ1v) is 7.50. The van der Waals surface area contributed by atoms with Gasteiger partial charge in [-0.05, 0) is 23.3 Å². The van der Waals surface area contributed by atoms with E-state index < -0.39 is 0 Å². The Morgan fingerprint density at radius 1 is 1.39 bits per heavy atom. The van der Waals surface area contributed by atoms with E-state index in [0.717, 1.165) is 30.6 Å². The molecule has 1 saturated carbocycles. The predicted octanol–water partition coefficient (Wildman–Crippen LogP) is 1.12. The summed E-state index contributed by atoms with van der Waals surface area (Å²) in [7, 11) is 1.71. The predicted molar refractivity (Wildman–Crippen MR) is 70.8 cm³/mol. The van der Waals surface area contributed by atoms with Crippen LogP contribution in [-0.4, -0.2) is 52.8 Å². The molecule has 1 fully saturated rings. The van der Waals surface area contributed by atoms with E-state index in [9.17, 15) is 0 Å². The third-order valence-corrected chi connectivity index (χ3v) is 4.06. The van der Waals surface area contributed by atoms with Crippen LogP contribution in [0.15, 0.2) is 5.16 Å². The fraction of sp³-hybridized carbons (Fsp3) is 0.909. The number of methoxy groups -OCH3 is 1. The first kappa shape index (κ1) is 13.8. The first-order chi connectivity index (χ1) is 8.92. The summed E-state index contributed by atoms with van der Waals surface area (Å²) in [6.45, 7) is 2.60. The van der Waals surface area contributed by atoms with E-state index in [1.165, 1.54) is 25.7 Å². The molecular weight excluding hydrogens is 250 g/mol. The van der Waals surface area contributed by atoms with E-state index in [2.05, 4.69) is 20.8 Å². The summed E-state index contributed by atoms with van der Waals surface area (Å²) in [6.07, 6.45) is 5.02. The molecule has 0 spiro atoms. The molecule has 0 saturated heterocycles. The molecule has 1 N–H and O–H groups in total. The van der Waals surface area contributed by atoms with Gasteiger partial charge in [-0.3, -0.25) is 0 Å². The highest BCUT2D eigenvalue weighted by Crippen LogP contribution is 2.31. The Morgan fingerprint density at radius 3 is 3.00 bits per heavy atom. The lowest BCUT2D eigenvalue weighted by Gasteiger charge is -2.10. The number of hydrogen-bond acceptors (Lipinski definition) is 6. The van der Waals surface area contributed by atoms with Crippen molar-refractivity contribution in [2.75, 3.05) is 32.6 Å². The minimum absolute atomic E-state index is 0.518. The van der Waals surface area contributed by atoms with Gasteiger partial charge in [0.2, 0.25) is 5.16 Å². The molecule has 1 aliphatic carbocycles. The summed E-state index contributed by atoms with van der Waals surface area (Å²) in [5.41, 5.74) is 0. The Morgan fingerprint density at radius 2 is 2.22 bits per heavy atom. The minimum atomic E-state index is 0.518. The lowest BCUT2D eigenvalue weighted by molar-refractivity contribution is 0.200. The van der Waals surface area contributed by atoms with Crippen LogP contribution >= 0.6 is 11.8 Å². The molecule has 0 aromatic carbocycles. The van der Waals surface area contributed by atoms with Gasteiger partial charge in [0.25, 0.3) is 0 Å². The highest BCUT2D eigenvalue weighted by atomic mass is 32.2. The van der Waals surface area contributed by atoms with E-state index in [0.29, 0.717) is 6.04 Å². The summed E-state index contributed by atoms with van der Waals surface area (Å²) < 4.78 is 6.98. The number of ether oxygens (including phenoxy) is 1. The third-order valence-electron chi connectivity index (χ3n) is 3.13. The number of tetrazole rings is 1. The van der Waals surface area contributed by atoms with Crippen molar-refractivity contribution in [3.05, 3.63) is 0 Å². The van der Waals surface area contributed by atoms with Gasteiger partial charge >= 0.3 is 0 Å². The van der Waals surface area contributed by atoms with Crippen LogP contribution in [0.4, 0.5) is 0 Å². The molecule has 0 radical (unpaired) electrons. The second-order valence-electron chi connectivity index (χ2n) is 4.44. The second kappa shape index (κ2) is 7.70. The van der Waals surface area contributed by atoms with Gasteiger partial charge < -0.3 is 10.1 Å². The van der Waals surface area contributed by atoms with Crippen LogP contribution in [0.2, 0.25) is 0 Å². The van der Waals surface area contributed by atoms with Gasteiger partial charge in [-0.15, -0.1) is 5.10 Å². The van der Waals surface area contributed by atoms with Crippen molar-refractivity contribution in [3.63, 3.8) is 0 Å². The van der Waals surface area contributed by atoms with Crippen molar-refractivity contribution >= 4 is 11.8 Å². The van der Waals surface area contributed by atoms with Gasteiger partial charge in [0.05, 0.1) is 12.6 Å². The van der Waals surface area contributed by atoms with Gasteiger partial charge in [0.15, 0.2) is 0 Å². The lowest BCUT2D eigenvalue weighted by atomic mass is 10.3. The standard InChI is InChI=1S/C11H21N5OS/c1-17-8-6-12-7-9-18-11-13-14-15-16(11)10-4-2-3-5-10/h10,12H,2-9H2,1H3. The number of thioether (sulfide) groups is 1. The van der Waals surface area contributed by atoms with Crippen molar-refractivity contribution in [1.29, 1.82) is 0 Å². The van der Waals surface area contributed by atoms with Gasteiger partial charge in [0.1, 0.15) is 0 Å². The molecule has 1 aromatic rings. The molecule has 1 aromatic heterocycles. The average molecular weight is 271 g/mol. The Kier molecular flexibility index (Phi) is 5.89. The number of nitrogens with one attached hydrogen (secondary N) is 1. The molecule has 7 heteroatoms. The van der Waals surface area contributed by atoms with Crippen LogP contribution < -0.4 is 5.32 Å². The molecule has 1 heterocycles. The second-order valence-corrected chi connectivity index (χ2v) is 5.50. The zero-order valence-corrected chi connectivity index (χ0v) is 11.7. The molecule has 18 heavy (non-hydrogen) atoms. The maximum absolute atomic E-state index is 4.98. The van der Waals surface area contributed by atoms with Gasteiger partial charge in [-0.25, -0.2) is 4.68 Å². The van der Waals surface area contributed by atoms with Gasteiger partial charge in [-0.1, -0.05) is 24.6 Å².